The lowest BCUT2D eigenvalue weighted by Crippen LogP contribution is -2.33. The first-order valence-corrected chi connectivity index (χ1v) is 11.8. The summed E-state index contributed by atoms with van der Waals surface area (Å²) in [6.45, 7) is 1.11. The summed E-state index contributed by atoms with van der Waals surface area (Å²) in [7, 11) is 5.05. The van der Waals surface area contributed by atoms with Crippen LogP contribution in [0.5, 0.6) is 11.6 Å². The molecule has 0 spiro atoms. The summed E-state index contributed by atoms with van der Waals surface area (Å²) >= 11 is 0. The molecule has 0 radical (unpaired) electrons. The third-order valence-corrected chi connectivity index (χ3v) is 6.56. The molecule has 0 unspecified atom stereocenters. The second-order valence-corrected chi connectivity index (χ2v) is 9.35. The van der Waals surface area contributed by atoms with Gasteiger partial charge in [0.15, 0.2) is 6.10 Å². The molecule has 10 heteroatoms. The van der Waals surface area contributed by atoms with Gasteiger partial charge in [0, 0.05) is 45.9 Å². The second kappa shape index (κ2) is 9.09. The summed E-state index contributed by atoms with van der Waals surface area (Å²) in [5.41, 5.74) is 1.05. The van der Waals surface area contributed by atoms with Crippen molar-refractivity contribution < 1.29 is 19.1 Å². The van der Waals surface area contributed by atoms with Crippen molar-refractivity contribution in [1.29, 1.82) is 0 Å². The zero-order valence-corrected chi connectivity index (χ0v) is 20.1. The Bertz CT molecular complexity index is 1320. The fourth-order valence-corrected chi connectivity index (χ4v) is 4.19. The molecular formula is C25H29N5O5. The molecule has 1 aliphatic carbocycles. The van der Waals surface area contributed by atoms with Crippen molar-refractivity contribution in [2.45, 2.75) is 31.9 Å². The Morgan fingerprint density at radius 3 is 2.63 bits per heavy atom. The Hall–Kier alpha value is -3.82. The van der Waals surface area contributed by atoms with Crippen molar-refractivity contribution in [1.82, 2.24) is 19.2 Å². The minimum absolute atomic E-state index is 0.0522. The van der Waals surface area contributed by atoms with Crippen LogP contribution in [0.2, 0.25) is 0 Å². The summed E-state index contributed by atoms with van der Waals surface area (Å²) in [6, 6.07) is 8.84. The summed E-state index contributed by atoms with van der Waals surface area (Å²) in [5, 5.41) is 0.458. The fourth-order valence-electron chi connectivity index (χ4n) is 4.19. The fraction of sp³-hybridized carbons (Fsp3) is 0.440. The van der Waals surface area contributed by atoms with Gasteiger partial charge in [-0.1, -0.05) is 0 Å². The average molecular weight is 480 g/mol. The maximum Gasteiger partial charge on any atom is 0.275 e. The van der Waals surface area contributed by atoms with Crippen LogP contribution in [0.3, 0.4) is 0 Å². The molecule has 0 bridgehead atoms. The van der Waals surface area contributed by atoms with Gasteiger partial charge in [0.25, 0.3) is 11.5 Å². The predicted octanol–water partition coefficient (Wildman–Crippen LogP) is 1.80. The van der Waals surface area contributed by atoms with Gasteiger partial charge >= 0.3 is 0 Å². The number of carbonyl (C=O) groups is 2. The maximum absolute atomic E-state index is 13.1. The van der Waals surface area contributed by atoms with Gasteiger partial charge < -0.3 is 19.3 Å². The van der Waals surface area contributed by atoms with Crippen LogP contribution in [0.25, 0.3) is 10.9 Å². The third kappa shape index (κ3) is 4.60. The quantitative estimate of drug-likeness (QED) is 0.489. The molecule has 35 heavy (non-hydrogen) atoms. The number of carbonyl (C=O) groups excluding carboxylic acids is 2. The zero-order chi connectivity index (χ0) is 24.7. The molecule has 10 nitrogen and oxygen atoms in total. The van der Waals surface area contributed by atoms with Gasteiger partial charge in [-0.05, 0) is 43.0 Å². The van der Waals surface area contributed by atoms with Gasteiger partial charge in [-0.3, -0.25) is 19.1 Å². The standard InChI is InChI=1S/C25H29N5O5/c1-27(2)23(31)14-30-24(32)19-12-17(6-8-20(19)28(30)3)29-11-10-21(25(29)33)35-18-7-9-22(26-13-18)34-15-16-4-5-16/h6-9,12-13,16,21H,4-5,10-11,14-15H2,1-3H3/t21-/m0/s1. The van der Waals surface area contributed by atoms with E-state index in [9.17, 15) is 14.4 Å². The van der Waals surface area contributed by atoms with E-state index >= 15 is 0 Å². The lowest BCUT2D eigenvalue weighted by molar-refractivity contribution is -0.129. The molecule has 1 aliphatic heterocycles. The monoisotopic (exact) mass is 479 g/mol. The lowest BCUT2D eigenvalue weighted by atomic mass is 10.2. The maximum atomic E-state index is 13.1. The minimum Gasteiger partial charge on any atom is -0.479 e. The van der Waals surface area contributed by atoms with Gasteiger partial charge in [-0.25, -0.2) is 9.67 Å². The van der Waals surface area contributed by atoms with Crippen LogP contribution in [0.4, 0.5) is 5.69 Å². The first-order valence-electron chi connectivity index (χ1n) is 11.8. The Balaban J connectivity index is 1.29. The van der Waals surface area contributed by atoms with E-state index < -0.39 is 6.10 Å². The lowest BCUT2D eigenvalue weighted by Gasteiger charge is -2.17. The number of hydrogen-bond acceptors (Lipinski definition) is 6. The number of fused-ring (bicyclic) bond motifs is 1. The van der Waals surface area contributed by atoms with Crippen LogP contribution in [0.1, 0.15) is 19.3 Å². The number of anilines is 1. The van der Waals surface area contributed by atoms with E-state index in [1.165, 1.54) is 22.4 Å². The van der Waals surface area contributed by atoms with Gasteiger partial charge in [0.1, 0.15) is 12.3 Å². The summed E-state index contributed by atoms with van der Waals surface area (Å²) in [5.74, 6) is 1.37. The van der Waals surface area contributed by atoms with Crippen LogP contribution < -0.4 is 19.9 Å². The van der Waals surface area contributed by atoms with Crippen molar-refractivity contribution in [3.8, 4) is 11.6 Å². The van der Waals surface area contributed by atoms with E-state index in [2.05, 4.69) is 4.98 Å². The first-order chi connectivity index (χ1) is 16.8. The molecule has 2 aromatic heterocycles. The third-order valence-electron chi connectivity index (χ3n) is 6.56. The minimum atomic E-state index is -0.629. The van der Waals surface area contributed by atoms with Crippen LogP contribution in [-0.2, 0) is 23.2 Å². The molecule has 1 saturated heterocycles. The SMILES string of the molecule is CN(C)C(=O)Cn1c(=O)c2cc(N3CC[C@H](Oc4ccc(OCC5CC5)nc4)C3=O)ccc2n1C. The number of amides is 2. The highest BCUT2D eigenvalue weighted by Crippen LogP contribution is 2.30. The molecule has 1 atom stereocenters. The van der Waals surface area contributed by atoms with Crippen LogP contribution >= 0.6 is 0 Å². The number of nitrogens with zero attached hydrogens (tertiary/aromatic N) is 5. The van der Waals surface area contributed by atoms with Gasteiger partial charge in [0.05, 0.1) is 23.7 Å². The molecule has 2 amide bonds. The van der Waals surface area contributed by atoms with Crippen LogP contribution in [0, 0.1) is 5.92 Å². The Kier molecular flexibility index (Phi) is 5.96. The molecule has 1 saturated carbocycles. The summed E-state index contributed by atoms with van der Waals surface area (Å²) < 4.78 is 14.6. The highest BCUT2D eigenvalue weighted by molar-refractivity contribution is 6.00. The smallest absolute Gasteiger partial charge is 0.275 e. The van der Waals surface area contributed by atoms with Gasteiger partial charge in [0.2, 0.25) is 11.8 Å². The largest absolute Gasteiger partial charge is 0.479 e. The van der Waals surface area contributed by atoms with E-state index in [0.717, 1.165) is 0 Å². The summed E-state index contributed by atoms with van der Waals surface area (Å²) in [4.78, 5) is 45.6. The predicted molar refractivity (Wildman–Crippen MR) is 130 cm³/mol. The van der Waals surface area contributed by atoms with Crippen LogP contribution in [0.15, 0.2) is 41.3 Å². The van der Waals surface area contributed by atoms with Crippen molar-refractivity contribution in [2.75, 3.05) is 32.1 Å². The van der Waals surface area contributed by atoms with E-state index in [1.807, 2.05) is 6.07 Å². The average Bonchev–Trinajstić information content (AvgIpc) is 3.58. The van der Waals surface area contributed by atoms with E-state index in [1.54, 1.807) is 61.2 Å². The molecule has 1 aromatic carbocycles. The van der Waals surface area contributed by atoms with Gasteiger partial charge in [-0.15, -0.1) is 0 Å². The number of rotatable bonds is 8. The first kappa shape index (κ1) is 22.9. The van der Waals surface area contributed by atoms with Crippen molar-refractivity contribution >= 4 is 28.4 Å². The summed E-state index contributed by atoms with van der Waals surface area (Å²) in [6.07, 6.45) is 3.89. The van der Waals surface area contributed by atoms with Crippen molar-refractivity contribution in [3.05, 3.63) is 46.9 Å². The van der Waals surface area contributed by atoms with Crippen molar-refractivity contribution in [2.24, 2.45) is 13.0 Å². The molecule has 184 valence electrons. The topological polar surface area (TPSA) is 98.9 Å². The Labute approximate surface area is 202 Å². The Morgan fingerprint density at radius 1 is 1.14 bits per heavy atom. The molecular weight excluding hydrogens is 450 g/mol. The number of hydrogen-bond donors (Lipinski definition) is 0. The number of aromatic nitrogens is 3. The number of likely N-dealkylation sites (N-methyl/N-ethyl adjacent to an activating group) is 1. The van der Waals surface area contributed by atoms with E-state index in [0.29, 0.717) is 53.7 Å². The molecule has 2 aliphatic rings. The number of aryl methyl sites for hydroxylation is 1. The molecule has 5 rings (SSSR count). The zero-order valence-electron chi connectivity index (χ0n) is 20.1. The number of pyridine rings is 1. The number of benzene rings is 1. The van der Waals surface area contributed by atoms with Crippen LogP contribution in [-0.4, -0.2) is 64.4 Å². The van der Waals surface area contributed by atoms with E-state index in [4.69, 9.17) is 9.47 Å². The highest BCUT2D eigenvalue weighted by Gasteiger charge is 2.35. The number of ether oxygens (including phenoxy) is 2. The second-order valence-electron chi connectivity index (χ2n) is 9.35. The highest BCUT2D eigenvalue weighted by atomic mass is 16.5. The molecule has 3 aromatic rings. The molecule has 3 heterocycles. The molecule has 0 N–H and O–H groups in total. The van der Waals surface area contributed by atoms with E-state index in [-0.39, 0.29) is 23.9 Å². The van der Waals surface area contributed by atoms with Gasteiger partial charge in [-0.2, -0.15) is 0 Å². The normalized spacial score (nSPS) is 17.7. The van der Waals surface area contributed by atoms with Crippen molar-refractivity contribution in [3.63, 3.8) is 0 Å². The Morgan fingerprint density at radius 2 is 1.94 bits per heavy atom. The molecule has 2 fully saturated rings.